The Morgan fingerprint density at radius 2 is 2.00 bits per heavy atom. The summed E-state index contributed by atoms with van der Waals surface area (Å²) in [6.45, 7) is 1.97. The first kappa shape index (κ1) is 13.3. The van der Waals surface area contributed by atoms with Gasteiger partial charge in [-0.25, -0.2) is 0 Å². The molecule has 0 radical (unpaired) electrons. The summed E-state index contributed by atoms with van der Waals surface area (Å²) in [6.07, 6.45) is -0.305. The van der Waals surface area contributed by atoms with Crippen LogP contribution in [-0.2, 0) is 17.8 Å². The minimum Gasteiger partial charge on any atom is -0.481 e. The summed E-state index contributed by atoms with van der Waals surface area (Å²) in [6, 6.07) is 7.03. The van der Waals surface area contributed by atoms with Crippen LogP contribution in [0, 0.1) is 6.92 Å². The standard InChI is InChI=1S/C14H15NO4/c1-9-11(8-13(17)18)14(19)10-4-2-3-5-12(10)15(9)6-7-16/h2-5,16H,6-8H2,1H3,(H,17,18). The zero-order valence-corrected chi connectivity index (χ0v) is 10.6. The van der Waals surface area contributed by atoms with Crippen LogP contribution in [0.25, 0.3) is 10.9 Å². The molecule has 1 aromatic carbocycles. The molecular formula is C14H15NO4. The zero-order chi connectivity index (χ0) is 14.0. The Kier molecular flexibility index (Phi) is 3.66. The third-order valence-corrected chi connectivity index (χ3v) is 3.21. The van der Waals surface area contributed by atoms with E-state index in [4.69, 9.17) is 10.2 Å². The minimum atomic E-state index is -1.04. The van der Waals surface area contributed by atoms with Gasteiger partial charge in [0.05, 0.1) is 18.5 Å². The number of aliphatic hydroxyl groups is 1. The number of hydrogen-bond acceptors (Lipinski definition) is 3. The molecule has 1 aromatic heterocycles. The van der Waals surface area contributed by atoms with Gasteiger partial charge in [-0.15, -0.1) is 0 Å². The van der Waals surface area contributed by atoms with E-state index in [1.54, 1.807) is 29.7 Å². The minimum absolute atomic E-state index is 0.0692. The van der Waals surface area contributed by atoms with Gasteiger partial charge in [0.15, 0.2) is 5.43 Å². The van der Waals surface area contributed by atoms with E-state index in [1.807, 2.05) is 6.07 Å². The van der Waals surface area contributed by atoms with Crippen LogP contribution < -0.4 is 5.43 Å². The van der Waals surface area contributed by atoms with Gasteiger partial charge in [-0.2, -0.15) is 0 Å². The van der Waals surface area contributed by atoms with Gasteiger partial charge in [-0.1, -0.05) is 12.1 Å². The van der Waals surface area contributed by atoms with E-state index in [2.05, 4.69) is 0 Å². The Bertz CT molecular complexity index is 688. The molecule has 19 heavy (non-hydrogen) atoms. The smallest absolute Gasteiger partial charge is 0.308 e. The molecule has 0 aliphatic heterocycles. The van der Waals surface area contributed by atoms with E-state index in [-0.39, 0.29) is 24.0 Å². The maximum Gasteiger partial charge on any atom is 0.308 e. The van der Waals surface area contributed by atoms with Gasteiger partial charge in [-0.05, 0) is 19.1 Å². The normalized spacial score (nSPS) is 10.8. The first-order valence-corrected chi connectivity index (χ1v) is 6.00. The molecule has 0 unspecified atom stereocenters. The molecule has 100 valence electrons. The van der Waals surface area contributed by atoms with Crippen molar-refractivity contribution < 1.29 is 15.0 Å². The number of nitrogens with zero attached hydrogens (tertiary/aromatic N) is 1. The van der Waals surface area contributed by atoms with E-state index < -0.39 is 5.97 Å². The van der Waals surface area contributed by atoms with Gasteiger partial charge in [0.25, 0.3) is 0 Å². The maximum absolute atomic E-state index is 12.3. The van der Waals surface area contributed by atoms with Crippen molar-refractivity contribution in [2.75, 3.05) is 6.61 Å². The summed E-state index contributed by atoms with van der Waals surface area (Å²) >= 11 is 0. The van der Waals surface area contributed by atoms with Crippen LogP contribution in [0.1, 0.15) is 11.3 Å². The monoisotopic (exact) mass is 261 g/mol. The lowest BCUT2D eigenvalue weighted by molar-refractivity contribution is -0.136. The Hall–Kier alpha value is -2.14. The summed E-state index contributed by atoms with van der Waals surface area (Å²) in [5, 5.41) is 18.5. The molecule has 0 saturated heterocycles. The topological polar surface area (TPSA) is 79.5 Å². The Balaban J connectivity index is 2.82. The number of rotatable bonds is 4. The molecular weight excluding hydrogens is 246 g/mol. The molecule has 0 amide bonds. The molecule has 2 rings (SSSR count). The van der Waals surface area contributed by atoms with Crippen molar-refractivity contribution >= 4 is 16.9 Å². The highest BCUT2D eigenvalue weighted by atomic mass is 16.4. The average molecular weight is 261 g/mol. The fraction of sp³-hybridized carbons (Fsp3) is 0.286. The zero-order valence-electron chi connectivity index (χ0n) is 10.6. The van der Waals surface area contributed by atoms with E-state index in [0.29, 0.717) is 23.1 Å². The quantitative estimate of drug-likeness (QED) is 0.858. The first-order chi connectivity index (χ1) is 9.06. The van der Waals surface area contributed by atoms with Crippen LogP contribution >= 0.6 is 0 Å². The van der Waals surface area contributed by atoms with Crippen LogP contribution in [0.2, 0.25) is 0 Å². The Morgan fingerprint density at radius 1 is 1.32 bits per heavy atom. The predicted octanol–water partition coefficient (Wildman–Crippen LogP) is 0.929. The molecule has 0 atom stereocenters. The predicted molar refractivity (Wildman–Crippen MR) is 71.4 cm³/mol. The molecule has 5 nitrogen and oxygen atoms in total. The van der Waals surface area contributed by atoms with Crippen LogP contribution in [-0.4, -0.2) is 27.4 Å². The van der Waals surface area contributed by atoms with Crippen molar-refractivity contribution in [1.29, 1.82) is 0 Å². The lowest BCUT2D eigenvalue weighted by Crippen LogP contribution is -2.22. The van der Waals surface area contributed by atoms with E-state index >= 15 is 0 Å². The van der Waals surface area contributed by atoms with Crippen molar-refractivity contribution in [3.63, 3.8) is 0 Å². The van der Waals surface area contributed by atoms with E-state index in [9.17, 15) is 9.59 Å². The number of benzene rings is 1. The number of fused-ring (bicyclic) bond motifs is 1. The molecule has 0 saturated carbocycles. The number of carboxylic acid groups (broad SMARTS) is 1. The molecule has 0 aliphatic rings. The highest BCUT2D eigenvalue weighted by Gasteiger charge is 2.15. The molecule has 0 fully saturated rings. The lowest BCUT2D eigenvalue weighted by atomic mass is 10.0. The Labute approximate surface area is 109 Å². The molecule has 5 heteroatoms. The molecule has 2 N–H and O–H groups in total. The van der Waals surface area contributed by atoms with Crippen molar-refractivity contribution in [2.45, 2.75) is 19.9 Å². The first-order valence-electron chi connectivity index (χ1n) is 6.00. The van der Waals surface area contributed by atoms with Gasteiger partial charge in [0.2, 0.25) is 0 Å². The van der Waals surface area contributed by atoms with E-state index in [1.165, 1.54) is 0 Å². The number of aromatic nitrogens is 1. The van der Waals surface area contributed by atoms with Gasteiger partial charge in [0, 0.05) is 23.2 Å². The largest absolute Gasteiger partial charge is 0.481 e. The third kappa shape index (κ3) is 2.37. The molecule has 0 spiro atoms. The number of carboxylic acids is 1. The SMILES string of the molecule is Cc1c(CC(=O)O)c(=O)c2ccccc2n1CCO. The molecule has 0 bridgehead atoms. The number of hydrogen-bond donors (Lipinski definition) is 2. The summed E-state index contributed by atoms with van der Waals surface area (Å²) in [7, 11) is 0. The lowest BCUT2D eigenvalue weighted by Gasteiger charge is -2.16. The third-order valence-electron chi connectivity index (χ3n) is 3.21. The average Bonchev–Trinajstić information content (AvgIpc) is 2.39. The molecule has 2 aromatic rings. The van der Waals surface area contributed by atoms with E-state index in [0.717, 1.165) is 0 Å². The van der Waals surface area contributed by atoms with Crippen LogP contribution in [0.15, 0.2) is 29.1 Å². The number of carbonyl (C=O) groups is 1. The van der Waals surface area contributed by atoms with Crippen molar-refractivity contribution in [3.05, 3.63) is 45.7 Å². The van der Waals surface area contributed by atoms with Crippen LogP contribution in [0.5, 0.6) is 0 Å². The highest BCUT2D eigenvalue weighted by molar-refractivity contribution is 5.81. The van der Waals surface area contributed by atoms with Gasteiger partial charge in [0.1, 0.15) is 0 Å². The van der Waals surface area contributed by atoms with Gasteiger partial charge in [-0.3, -0.25) is 9.59 Å². The van der Waals surface area contributed by atoms with Crippen LogP contribution in [0.4, 0.5) is 0 Å². The second-order valence-corrected chi connectivity index (χ2v) is 4.36. The number of aliphatic hydroxyl groups excluding tert-OH is 1. The van der Waals surface area contributed by atoms with Crippen molar-refractivity contribution in [1.82, 2.24) is 4.57 Å². The second-order valence-electron chi connectivity index (χ2n) is 4.36. The van der Waals surface area contributed by atoms with Gasteiger partial charge >= 0.3 is 5.97 Å². The summed E-state index contributed by atoms with van der Waals surface area (Å²) in [4.78, 5) is 23.2. The summed E-state index contributed by atoms with van der Waals surface area (Å²) in [5.74, 6) is -1.04. The van der Waals surface area contributed by atoms with Crippen molar-refractivity contribution in [3.8, 4) is 0 Å². The number of pyridine rings is 1. The molecule has 1 heterocycles. The maximum atomic E-state index is 12.3. The second kappa shape index (κ2) is 5.24. The summed E-state index contributed by atoms with van der Waals surface area (Å²) < 4.78 is 1.79. The number of aliphatic carboxylic acids is 1. The van der Waals surface area contributed by atoms with Crippen LogP contribution in [0.3, 0.4) is 0 Å². The Morgan fingerprint density at radius 3 is 2.63 bits per heavy atom. The number of para-hydroxylation sites is 1. The fourth-order valence-electron chi connectivity index (χ4n) is 2.32. The highest BCUT2D eigenvalue weighted by Crippen LogP contribution is 2.16. The van der Waals surface area contributed by atoms with Gasteiger partial charge < -0.3 is 14.8 Å². The summed E-state index contributed by atoms with van der Waals surface area (Å²) in [5.41, 5.74) is 1.35. The molecule has 0 aliphatic carbocycles. The van der Waals surface area contributed by atoms with Crippen molar-refractivity contribution in [2.24, 2.45) is 0 Å². The fourth-order valence-corrected chi connectivity index (χ4v) is 2.32.